The van der Waals surface area contributed by atoms with E-state index in [2.05, 4.69) is 12.0 Å². The number of aromatic nitrogens is 2. The normalized spacial score (nSPS) is 12.8. The third-order valence-electron chi connectivity index (χ3n) is 2.62. The summed E-state index contributed by atoms with van der Waals surface area (Å²) in [6, 6.07) is -0.673. The molecule has 0 saturated heterocycles. The van der Waals surface area contributed by atoms with Gasteiger partial charge in [-0.05, 0) is 25.8 Å². The predicted molar refractivity (Wildman–Crippen MR) is 58.2 cm³/mol. The van der Waals surface area contributed by atoms with Gasteiger partial charge in [0, 0.05) is 5.69 Å². The maximum absolute atomic E-state index is 10.8. The second kappa shape index (κ2) is 4.44. The van der Waals surface area contributed by atoms with Gasteiger partial charge in [-0.25, -0.2) is 0 Å². The number of amides is 1. The Hall–Kier alpha value is -1.36. The molecule has 5 heteroatoms. The molecule has 4 N–H and O–H groups in total. The molecule has 5 nitrogen and oxygen atoms in total. The van der Waals surface area contributed by atoms with Crippen molar-refractivity contribution in [2.24, 2.45) is 11.5 Å². The van der Waals surface area contributed by atoms with Crippen LogP contribution in [-0.4, -0.2) is 21.7 Å². The molecule has 0 aliphatic heterocycles. The van der Waals surface area contributed by atoms with Crippen molar-refractivity contribution in [3.8, 4) is 0 Å². The van der Waals surface area contributed by atoms with Crippen molar-refractivity contribution < 1.29 is 4.79 Å². The first-order chi connectivity index (χ1) is 6.97. The lowest BCUT2D eigenvalue weighted by atomic mass is 10.1. The minimum absolute atomic E-state index is 0.349. The van der Waals surface area contributed by atoms with E-state index in [0.29, 0.717) is 6.54 Å². The predicted octanol–water partition coefficient (Wildman–Crippen LogP) is -0.125. The van der Waals surface area contributed by atoms with E-state index in [-0.39, 0.29) is 0 Å². The fourth-order valence-corrected chi connectivity index (χ4v) is 1.70. The monoisotopic (exact) mass is 210 g/mol. The number of nitrogens with two attached hydrogens (primary N) is 2. The summed E-state index contributed by atoms with van der Waals surface area (Å²) in [5.41, 5.74) is 14.0. The van der Waals surface area contributed by atoms with Gasteiger partial charge in [-0.3, -0.25) is 9.48 Å². The summed E-state index contributed by atoms with van der Waals surface area (Å²) in [5.74, 6) is -0.499. The lowest BCUT2D eigenvalue weighted by Crippen LogP contribution is -2.40. The molecule has 1 unspecified atom stereocenters. The van der Waals surface area contributed by atoms with Gasteiger partial charge in [-0.15, -0.1) is 0 Å². The molecule has 0 saturated carbocycles. The van der Waals surface area contributed by atoms with Gasteiger partial charge < -0.3 is 11.5 Å². The molecule has 0 aromatic carbocycles. The summed E-state index contributed by atoms with van der Waals surface area (Å²) in [4.78, 5) is 10.8. The molecule has 0 aliphatic rings. The van der Waals surface area contributed by atoms with Gasteiger partial charge in [0.25, 0.3) is 0 Å². The molecular weight excluding hydrogens is 192 g/mol. The van der Waals surface area contributed by atoms with Gasteiger partial charge in [0.05, 0.1) is 12.2 Å². The highest BCUT2D eigenvalue weighted by molar-refractivity contribution is 5.79. The number of rotatable bonds is 4. The summed E-state index contributed by atoms with van der Waals surface area (Å²) < 4.78 is 1.75. The first-order valence-corrected chi connectivity index (χ1v) is 5.05. The highest BCUT2D eigenvalue weighted by Crippen LogP contribution is 2.13. The van der Waals surface area contributed by atoms with Crippen LogP contribution in [0.4, 0.5) is 0 Å². The SMILES string of the molecule is CCc1c(C)nn(CC(N)C(N)=O)c1C. The van der Waals surface area contributed by atoms with E-state index >= 15 is 0 Å². The fourth-order valence-electron chi connectivity index (χ4n) is 1.70. The van der Waals surface area contributed by atoms with E-state index < -0.39 is 11.9 Å². The Balaban J connectivity index is 2.91. The van der Waals surface area contributed by atoms with E-state index in [4.69, 9.17) is 11.5 Å². The summed E-state index contributed by atoms with van der Waals surface area (Å²) in [6.45, 7) is 6.36. The van der Waals surface area contributed by atoms with Crippen LogP contribution < -0.4 is 11.5 Å². The Kier molecular flexibility index (Phi) is 3.47. The molecule has 0 bridgehead atoms. The average molecular weight is 210 g/mol. The van der Waals surface area contributed by atoms with Crippen molar-refractivity contribution >= 4 is 5.91 Å². The topological polar surface area (TPSA) is 86.9 Å². The molecule has 0 fully saturated rings. The van der Waals surface area contributed by atoms with Gasteiger partial charge >= 0.3 is 0 Å². The van der Waals surface area contributed by atoms with Gasteiger partial charge in [0.15, 0.2) is 0 Å². The number of primary amides is 1. The molecular formula is C10H18N4O. The third kappa shape index (κ3) is 2.36. The summed E-state index contributed by atoms with van der Waals surface area (Å²) >= 11 is 0. The second-order valence-corrected chi connectivity index (χ2v) is 3.69. The average Bonchev–Trinajstić information content (AvgIpc) is 2.41. The molecule has 15 heavy (non-hydrogen) atoms. The Morgan fingerprint density at radius 2 is 2.13 bits per heavy atom. The van der Waals surface area contributed by atoms with E-state index in [1.165, 1.54) is 5.56 Å². The van der Waals surface area contributed by atoms with Crippen LogP contribution in [0.25, 0.3) is 0 Å². The first-order valence-electron chi connectivity index (χ1n) is 5.05. The van der Waals surface area contributed by atoms with Crippen LogP contribution in [0.2, 0.25) is 0 Å². The highest BCUT2D eigenvalue weighted by Gasteiger charge is 2.15. The van der Waals surface area contributed by atoms with Crippen molar-refractivity contribution in [3.63, 3.8) is 0 Å². The third-order valence-corrected chi connectivity index (χ3v) is 2.62. The quantitative estimate of drug-likeness (QED) is 0.726. The van der Waals surface area contributed by atoms with E-state index in [0.717, 1.165) is 17.8 Å². The molecule has 1 heterocycles. The Morgan fingerprint density at radius 3 is 2.53 bits per heavy atom. The Morgan fingerprint density at radius 1 is 1.53 bits per heavy atom. The summed E-state index contributed by atoms with van der Waals surface area (Å²) in [7, 11) is 0. The largest absolute Gasteiger partial charge is 0.368 e. The molecule has 1 amide bonds. The smallest absolute Gasteiger partial charge is 0.236 e. The van der Waals surface area contributed by atoms with E-state index in [1.807, 2.05) is 13.8 Å². The molecule has 84 valence electrons. The lowest BCUT2D eigenvalue weighted by Gasteiger charge is -2.09. The van der Waals surface area contributed by atoms with Crippen LogP contribution >= 0.6 is 0 Å². The van der Waals surface area contributed by atoms with Gasteiger partial charge in [0.2, 0.25) is 5.91 Å². The minimum atomic E-state index is -0.673. The molecule has 1 aromatic heterocycles. The fraction of sp³-hybridized carbons (Fsp3) is 0.600. The van der Waals surface area contributed by atoms with Gasteiger partial charge in [-0.2, -0.15) is 5.10 Å². The van der Waals surface area contributed by atoms with Crippen LogP contribution in [0, 0.1) is 13.8 Å². The number of hydrogen-bond acceptors (Lipinski definition) is 3. The van der Waals surface area contributed by atoms with Crippen molar-refractivity contribution in [3.05, 3.63) is 17.0 Å². The van der Waals surface area contributed by atoms with E-state index in [1.54, 1.807) is 4.68 Å². The highest BCUT2D eigenvalue weighted by atomic mass is 16.1. The van der Waals surface area contributed by atoms with Crippen LogP contribution in [-0.2, 0) is 17.8 Å². The van der Waals surface area contributed by atoms with Crippen molar-refractivity contribution in [2.45, 2.75) is 39.8 Å². The van der Waals surface area contributed by atoms with Gasteiger partial charge in [-0.1, -0.05) is 6.92 Å². The molecule has 0 radical (unpaired) electrons. The molecule has 1 aromatic rings. The second-order valence-electron chi connectivity index (χ2n) is 3.69. The molecule has 0 spiro atoms. The van der Waals surface area contributed by atoms with Crippen LogP contribution in [0.3, 0.4) is 0 Å². The number of carbonyl (C=O) groups is 1. The number of aryl methyl sites for hydroxylation is 1. The molecule has 1 atom stereocenters. The maximum Gasteiger partial charge on any atom is 0.236 e. The zero-order chi connectivity index (χ0) is 11.6. The molecule has 0 aliphatic carbocycles. The number of nitrogens with zero attached hydrogens (tertiary/aromatic N) is 2. The Bertz CT molecular complexity index is 370. The first kappa shape index (κ1) is 11.7. The standard InChI is InChI=1S/C10H18N4O/c1-4-8-6(2)13-14(7(8)3)5-9(11)10(12)15/h9H,4-5,11H2,1-3H3,(H2,12,15). The van der Waals surface area contributed by atoms with Crippen LogP contribution in [0.15, 0.2) is 0 Å². The van der Waals surface area contributed by atoms with Gasteiger partial charge in [0.1, 0.15) is 6.04 Å². The minimum Gasteiger partial charge on any atom is -0.368 e. The zero-order valence-electron chi connectivity index (χ0n) is 9.45. The number of hydrogen-bond donors (Lipinski definition) is 2. The van der Waals surface area contributed by atoms with Crippen molar-refractivity contribution in [2.75, 3.05) is 0 Å². The summed E-state index contributed by atoms with van der Waals surface area (Å²) in [5, 5.41) is 4.33. The number of carbonyl (C=O) groups excluding carboxylic acids is 1. The van der Waals surface area contributed by atoms with Crippen LogP contribution in [0.5, 0.6) is 0 Å². The lowest BCUT2D eigenvalue weighted by molar-refractivity contribution is -0.119. The van der Waals surface area contributed by atoms with Crippen molar-refractivity contribution in [1.82, 2.24) is 9.78 Å². The van der Waals surface area contributed by atoms with Crippen molar-refractivity contribution in [1.29, 1.82) is 0 Å². The maximum atomic E-state index is 10.8. The summed E-state index contributed by atoms with van der Waals surface area (Å²) in [6.07, 6.45) is 0.934. The Labute approximate surface area is 89.4 Å². The van der Waals surface area contributed by atoms with E-state index in [9.17, 15) is 4.79 Å². The molecule has 1 rings (SSSR count). The zero-order valence-corrected chi connectivity index (χ0v) is 9.45. The van der Waals surface area contributed by atoms with Crippen LogP contribution in [0.1, 0.15) is 23.9 Å².